The molecule has 2 aromatic rings. The smallest absolute Gasteiger partial charge is 0.193 e. The lowest BCUT2D eigenvalue weighted by Gasteiger charge is -2.03. The van der Waals surface area contributed by atoms with Crippen molar-refractivity contribution in [3.05, 3.63) is 29.7 Å². The second kappa shape index (κ2) is 5.97. The van der Waals surface area contributed by atoms with E-state index in [-0.39, 0.29) is 0 Å². The highest BCUT2D eigenvalue weighted by Gasteiger charge is 2.06. The van der Waals surface area contributed by atoms with E-state index >= 15 is 0 Å². The highest BCUT2D eigenvalue weighted by molar-refractivity contribution is 7.99. The quantitative estimate of drug-likeness (QED) is 0.833. The minimum Gasteiger partial charge on any atom is -0.313 e. The van der Waals surface area contributed by atoms with Crippen molar-refractivity contribution >= 4 is 11.8 Å². The van der Waals surface area contributed by atoms with Crippen LogP contribution in [0.5, 0.6) is 0 Å². The van der Waals surface area contributed by atoms with Crippen molar-refractivity contribution in [1.82, 2.24) is 25.1 Å². The summed E-state index contributed by atoms with van der Waals surface area (Å²) in [4.78, 5) is 8.70. The zero-order chi connectivity index (χ0) is 13.0. The molecule has 18 heavy (non-hydrogen) atoms. The maximum Gasteiger partial charge on any atom is 0.193 e. The summed E-state index contributed by atoms with van der Waals surface area (Å²) in [5.74, 6) is 0. The van der Waals surface area contributed by atoms with Gasteiger partial charge >= 0.3 is 0 Å². The summed E-state index contributed by atoms with van der Waals surface area (Å²) in [5.41, 5.74) is 2.10. The maximum absolute atomic E-state index is 4.35. The normalized spacial score (nSPS) is 10.8. The van der Waals surface area contributed by atoms with Crippen molar-refractivity contribution in [3.63, 3.8) is 0 Å². The van der Waals surface area contributed by atoms with E-state index < -0.39 is 0 Å². The third kappa shape index (κ3) is 3.30. The molecule has 6 heteroatoms. The van der Waals surface area contributed by atoms with Gasteiger partial charge in [0.05, 0.1) is 5.69 Å². The lowest BCUT2D eigenvalue weighted by Crippen LogP contribution is -2.12. The van der Waals surface area contributed by atoms with Crippen molar-refractivity contribution < 1.29 is 0 Å². The van der Waals surface area contributed by atoms with Gasteiger partial charge in [0.1, 0.15) is 5.03 Å². The van der Waals surface area contributed by atoms with Crippen molar-refractivity contribution in [3.8, 4) is 0 Å². The lowest BCUT2D eigenvalue weighted by atomic mass is 10.3. The van der Waals surface area contributed by atoms with E-state index in [2.05, 4.69) is 27.3 Å². The third-order valence-corrected chi connectivity index (χ3v) is 3.40. The predicted octanol–water partition coefficient (Wildman–Crippen LogP) is 1.78. The summed E-state index contributed by atoms with van der Waals surface area (Å²) in [6.45, 7) is 5.82. The molecular weight excluding hydrogens is 246 g/mol. The average molecular weight is 263 g/mol. The summed E-state index contributed by atoms with van der Waals surface area (Å²) in [6.07, 6.45) is 3.72. The molecule has 0 radical (unpaired) electrons. The first-order valence-electron chi connectivity index (χ1n) is 5.89. The van der Waals surface area contributed by atoms with Crippen LogP contribution in [0.1, 0.15) is 18.2 Å². The Bertz CT molecular complexity index is 506. The Morgan fingerprint density at radius 2 is 2.06 bits per heavy atom. The number of nitrogens with zero attached hydrogens (tertiary/aromatic N) is 4. The largest absolute Gasteiger partial charge is 0.313 e. The molecule has 2 aromatic heterocycles. The van der Waals surface area contributed by atoms with Gasteiger partial charge in [0.25, 0.3) is 0 Å². The number of aromatic nitrogens is 4. The average Bonchev–Trinajstić information content (AvgIpc) is 2.67. The van der Waals surface area contributed by atoms with E-state index in [1.807, 2.05) is 37.1 Å². The van der Waals surface area contributed by atoms with Crippen molar-refractivity contribution in [1.29, 1.82) is 0 Å². The van der Waals surface area contributed by atoms with Gasteiger partial charge in [0, 0.05) is 31.5 Å². The Hall–Kier alpha value is -1.40. The molecule has 2 heterocycles. The van der Waals surface area contributed by atoms with Crippen LogP contribution < -0.4 is 5.32 Å². The minimum atomic E-state index is 0.748. The molecular formula is C12H17N5S. The number of hydrogen-bond donors (Lipinski definition) is 1. The van der Waals surface area contributed by atoms with Gasteiger partial charge in [-0.15, -0.1) is 0 Å². The molecule has 0 aliphatic carbocycles. The van der Waals surface area contributed by atoms with Gasteiger partial charge in [-0.3, -0.25) is 4.68 Å². The molecule has 0 atom stereocenters. The molecule has 0 amide bonds. The topological polar surface area (TPSA) is 55.6 Å². The van der Waals surface area contributed by atoms with E-state index in [0.29, 0.717) is 0 Å². The highest BCUT2D eigenvalue weighted by atomic mass is 32.2. The van der Waals surface area contributed by atoms with Crippen LogP contribution in [0.15, 0.2) is 28.6 Å². The Morgan fingerprint density at radius 3 is 2.61 bits per heavy atom. The standard InChI is InChI=1S/C12H17N5S/c1-4-13-6-10-7-14-12(15-8-10)18-11-5-9(2)16-17(11)3/h5,7-8,13H,4,6H2,1-3H3. The number of hydrogen-bond acceptors (Lipinski definition) is 5. The molecule has 0 aliphatic rings. The summed E-state index contributed by atoms with van der Waals surface area (Å²) < 4.78 is 1.84. The van der Waals surface area contributed by atoms with E-state index in [9.17, 15) is 0 Å². The molecule has 2 rings (SSSR count). The maximum atomic E-state index is 4.35. The molecule has 0 aromatic carbocycles. The predicted molar refractivity (Wildman–Crippen MR) is 71.5 cm³/mol. The van der Waals surface area contributed by atoms with E-state index in [1.165, 1.54) is 11.8 Å². The van der Waals surface area contributed by atoms with Crippen LogP contribution in [-0.4, -0.2) is 26.3 Å². The van der Waals surface area contributed by atoms with Crippen LogP contribution >= 0.6 is 11.8 Å². The van der Waals surface area contributed by atoms with Gasteiger partial charge in [0.15, 0.2) is 5.16 Å². The molecule has 5 nitrogen and oxygen atoms in total. The Kier molecular flexibility index (Phi) is 4.33. The Balaban J connectivity index is 2.04. The minimum absolute atomic E-state index is 0.748. The van der Waals surface area contributed by atoms with Crippen molar-refractivity contribution in [2.45, 2.75) is 30.6 Å². The zero-order valence-electron chi connectivity index (χ0n) is 10.8. The first-order chi connectivity index (χ1) is 8.69. The van der Waals surface area contributed by atoms with Gasteiger partial charge < -0.3 is 5.32 Å². The van der Waals surface area contributed by atoms with Crippen LogP contribution in [0.2, 0.25) is 0 Å². The fourth-order valence-corrected chi connectivity index (χ4v) is 2.33. The fourth-order valence-electron chi connectivity index (χ4n) is 1.53. The highest BCUT2D eigenvalue weighted by Crippen LogP contribution is 2.24. The number of aryl methyl sites for hydroxylation is 2. The molecule has 0 saturated carbocycles. The van der Waals surface area contributed by atoms with Crippen molar-refractivity contribution in [2.24, 2.45) is 7.05 Å². The zero-order valence-corrected chi connectivity index (χ0v) is 11.7. The van der Waals surface area contributed by atoms with Crippen LogP contribution in [0, 0.1) is 6.92 Å². The second-order valence-electron chi connectivity index (χ2n) is 4.00. The molecule has 0 spiro atoms. The SMILES string of the molecule is CCNCc1cnc(Sc2cc(C)nn2C)nc1. The lowest BCUT2D eigenvalue weighted by molar-refractivity contribution is 0.690. The van der Waals surface area contributed by atoms with Crippen LogP contribution in [0.4, 0.5) is 0 Å². The molecule has 0 unspecified atom stereocenters. The van der Waals surface area contributed by atoms with Gasteiger partial charge in [-0.1, -0.05) is 6.92 Å². The molecule has 0 aliphatic heterocycles. The van der Waals surface area contributed by atoms with Crippen LogP contribution in [-0.2, 0) is 13.6 Å². The van der Waals surface area contributed by atoms with Crippen molar-refractivity contribution in [2.75, 3.05) is 6.54 Å². The monoisotopic (exact) mass is 263 g/mol. The van der Waals surface area contributed by atoms with Gasteiger partial charge in [-0.25, -0.2) is 9.97 Å². The molecule has 1 N–H and O–H groups in total. The summed E-state index contributed by atoms with van der Waals surface area (Å²) in [5, 5.41) is 9.34. The second-order valence-corrected chi connectivity index (χ2v) is 4.99. The van der Waals surface area contributed by atoms with E-state index in [1.54, 1.807) is 0 Å². The Morgan fingerprint density at radius 1 is 1.33 bits per heavy atom. The first-order valence-corrected chi connectivity index (χ1v) is 6.71. The first kappa shape index (κ1) is 13.0. The van der Waals surface area contributed by atoms with Crippen LogP contribution in [0.25, 0.3) is 0 Å². The molecule has 0 bridgehead atoms. The molecule has 96 valence electrons. The number of rotatable bonds is 5. The van der Waals surface area contributed by atoms with Gasteiger partial charge in [-0.2, -0.15) is 5.10 Å². The third-order valence-electron chi connectivity index (χ3n) is 2.42. The summed E-state index contributed by atoms with van der Waals surface area (Å²) in [6, 6.07) is 2.03. The number of nitrogens with one attached hydrogen (secondary N) is 1. The van der Waals surface area contributed by atoms with Gasteiger partial charge in [-0.05, 0) is 31.3 Å². The van der Waals surface area contributed by atoms with E-state index in [0.717, 1.165) is 34.5 Å². The summed E-state index contributed by atoms with van der Waals surface area (Å²) >= 11 is 1.53. The van der Waals surface area contributed by atoms with E-state index in [4.69, 9.17) is 0 Å². The Labute approximate surface area is 111 Å². The van der Waals surface area contributed by atoms with Gasteiger partial charge in [0.2, 0.25) is 0 Å². The molecule has 0 saturated heterocycles. The van der Waals surface area contributed by atoms with Crippen LogP contribution in [0.3, 0.4) is 0 Å². The molecule has 0 fully saturated rings. The summed E-state index contributed by atoms with van der Waals surface area (Å²) in [7, 11) is 1.93. The fraction of sp³-hybridized carbons (Fsp3) is 0.417.